The molecule has 0 N–H and O–H groups in total. The summed E-state index contributed by atoms with van der Waals surface area (Å²) >= 11 is 6.03. The van der Waals surface area contributed by atoms with Crippen LogP contribution in [0.5, 0.6) is 5.75 Å². The second-order valence-electron chi connectivity index (χ2n) is 4.91. The Morgan fingerprint density at radius 1 is 1.16 bits per heavy atom. The first kappa shape index (κ1) is 14.0. The van der Waals surface area contributed by atoms with E-state index in [9.17, 15) is 0 Å². The first-order chi connectivity index (χ1) is 9.17. The van der Waals surface area contributed by atoms with Gasteiger partial charge in [-0.25, -0.2) is 0 Å². The molecule has 2 rings (SSSR count). The first-order valence-electron chi connectivity index (χ1n) is 6.49. The molecular weight excluding hydrogens is 256 g/mol. The fraction of sp³-hybridized carbons (Fsp3) is 0.294. The molecule has 0 aromatic heterocycles. The van der Waals surface area contributed by atoms with Gasteiger partial charge in [0.15, 0.2) is 0 Å². The van der Waals surface area contributed by atoms with E-state index in [1.807, 2.05) is 12.1 Å². The molecule has 0 spiro atoms. The number of methoxy groups -OCH3 is 1. The van der Waals surface area contributed by atoms with E-state index in [1.165, 1.54) is 16.5 Å². The van der Waals surface area contributed by atoms with Gasteiger partial charge in [0.2, 0.25) is 0 Å². The highest BCUT2D eigenvalue weighted by Gasteiger charge is 2.07. The molecule has 2 aromatic carbocycles. The zero-order valence-electron chi connectivity index (χ0n) is 11.6. The van der Waals surface area contributed by atoms with Crippen molar-refractivity contribution in [2.24, 2.45) is 5.92 Å². The number of ether oxygens (including phenoxy) is 1. The molecule has 0 fully saturated rings. The summed E-state index contributed by atoms with van der Waals surface area (Å²) in [5.41, 5.74) is 2.44. The molecule has 2 heteroatoms. The van der Waals surface area contributed by atoms with Crippen molar-refractivity contribution in [1.82, 2.24) is 0 Å². The summed E-state index contributed by atoms with van der Waals surface area (Å²) in [6.07, 6.45) is 2.19. The maximum absolute atomic E-state index is 6.03. The van der Waals surface area contributed by atoms with E-state index in [1.54, 1.807) is 7.11 Å². The van der Waals surface area contributed by atoms with Crippen LogP contribution in [-0.2, 0) is 0 Å². The van der Waals surface area contributed by atoms with Gasteiger partial charge in [-0.05, 0) is 22.9 Å². The van der Waals surface area contributed by atoms with Crippen molar-refractivity contribution >= 4 is 28.4 Å². The highest BCUT2D eigenvalue weighted by atomic mass is 35.5. The molecule has 1 nitrogen and oxygen atoms in total. The first-order valence-corrected chi connectivity index (χ1v) is 7.03. The van der Waals surface area contributed by atoms with Crippen molar-refractivity contribution < 1.29 is 4.74 Å². The number of rotatable bonds is 4. The van der Waals surface area contributed by atoms with Crippen LogP contribution in [0, 0.1) is 5.92 Å². The largest absolute Gasteiger partial charge is 0.496 e. The summed E-state index contributed by atoms with van der Waals surface area (Å²) in [5, 5.41) is 2.33. The lowest BCUT2D eigenvalue weighted by Crippen LogP contribution is -1.95. The van der Waals surface area contributed by atoms with Crippen LogP contribution >= 0.6 is 11.6 Å². The number of benzene rings is 2. The van der Waals surface area contributed by atoms with Crippen LogP contribution < -0.4 is 4.74 Å². The molecule has 0 aliphatic rings. The van der Waals surface area contributed by atoms with Crippen molar-refractivity contribution in [2.45, 2.75) is 13.8 Å². The molecule has 0 aliphatic carbocycles. The minimum absolute atomic E-state index is 0.457. The quantitative estimate of drug-likeness (QED) is 0.703. The second-order valence-corrected chi connectivity index (χ2v) is 5.18. The zero-order chi connectivity index (χ0) is 13.8. The van der Waals surface area contributed by atoms with Gasteiger partial charge in [0.25, 0.3) is 0 Å². The van der Waals surface area contributed by atoms with E-state index in [0.29, 0.717) is 11.8 Å². The Hall–Kier alpha value is -1.47. The van der Waals surface area contributed by atoms with E-state index >= 15 is 0 Å². The summed E-state index contributed by atoms with van der Waals surface area (Å²) in [6, 6.07) is 12.4. The highest BCUT2D eigenvalue weighted by molar-refractivity contribution is 6.19. The number of hydrogen-bond acceptors (Lipinski definition) is 1. The Morgan fingerprint density at radius 2 is 1.84 bits per heavy atom. The highest BCUT2D eigenvalue weighted by Crippen LogP contribution is 2.30. The molecule has 0 amide bonds. The van der Waals surface area contributed by atoms with Crippen LogP contribution in [-0.4, -0.2) is 13.0 Å². The Balaban J connectivity index is 2.62. The van der Waals surface area contributed by atoms with E-state index in [-0.39, 0.29) is 0 Å². The summed E-state index contributed by atoms with van der Waals surface area (Å²) in [6.45, 7) is 4.33. The molecule has 0 aliphatic heterocycles. The van der Waals surface area contributed by atoms with E-state index < -0.39 is 0 Å². The molecule has 0 saturated heterocycles. The van der Waals surface area contributed by atoms with Crippen LogP contribution in [0.3, 0.4) is 0 Å². The van der Waals surface area contributed by atoms with Crippen LogP contribution in [0.2, 0.25) is 0 Å². The van der Waals surface area contributed by atoms with Gasteiger partial charge in [0.1, 0.15) is 5.75 Å². The maximum Gasteiger partial charge on any atom is 0.126 e. The van der Waals surface area contributed by atoms with Crippen LogP contribution in [0.1, 0.15) is 19.4 Å². The van der Waals surface area contributed by atoms with Gasteiger partial charge in [-0.2, -0.15) is 0 Å². The minimum atomic E-state index is 0.457. The third-order valence-corrected chi connectivity index (χ3v) is 3.68. The summed E-state index contributed by atoms with van der Waals surface area (Å²) in [7, 11) is 1.70. The number of hydrogen-bond donors (Lipinski definition) is 0. The maximum atomic E-state index is 6.03. The average Bonchev–Trinajstić information content (AvgIpc) is 2.44. The molecule has 100 valence electrons. The lowest BCUT2D eigenvalue weighted by molar-refractivity contribution is 0.420. The van der Waals surface area contributed by atoms with Crippen molar-refractivity contribution in [3.05, 3.63) is 47.5 Å². The molecule has 2 aromatic rings. The standard InChI is InChI=1S/C17H19ClO/c1-12(2)14(11-18)10-13-8-9-17(19-3)16-7-5-4-6-15(13)16/h4-10,12H,11H2,1-3H3. The van der Waals surface area contributed by atoms with E-state index in [4.69, 9.17) is 16.3 Å². The zero-order valence-corrected chi connectivity index (χ0v) is 12.4. The Labute approximate surface area is 119 Å². The minimum Gasteiger partial charge on any atom is -0.496 e. The van der Waals surface area contributed by atoms with Crippen molar-refractivity contribution in [2.75, 3.05) is 13.0 Å². The van der Waals surface area contributed by atoms with Gasteiger partial charge in [0.05, 0.1) is 7.11 Å². The number of halogens is 1. The molecule has 0 atom stereocenters. The van der Waals surface area contributed by atoms with Gasteiger partial charge < -0.3 is 4.74 Å². The van der Waals surface area contributed by atoms with Crippen molar-refractivity contribution in [3.8, 4) is 5.75 Å². The fourth-order valence-corrected chi connectivity index (χ4v) is 2.54. The predicted octanol–water partition coefficient (Wildman–Crippen LogP) is 5.13. The lowest BCUT2D eigenvalue weighted by Gasteiger charge is -2.11. The molecule has 0 heterocycles. The third kappa shape index (κ3) is 2.93. The lowest BCUT2D eigenvalue weighted by atomic mass is 9.98. The van der Waals surface area contributed by atoms with Crippen molar-refractivity contribution in [3.63, 3.8) is 0 Å². The molecule has 0 radical (unpaired) electrons. The topological polar surface area (TPSA) is 9.23 Å². The molecule has 0 saturated carbocycles. The summed E-state index contributed by atoms with van der Waals surface area (Å²) in [5.74, 6) is 1.93. The van der Waals surface area contributed by atoms with E-state index in [0.717, 1.165) is 11.1 Å². The summed E-state index contributed by atoms with van der Waals surface area (Å²) in [4.78, 5) is 0. The normalized spacial score (nSPS) is 12.2. The summed E-state index contributed by atoms with van der Waals surface area (Å²) < 4.78 is 5.41. The molecular formula is C17H19ClO. The van der Waals surface area contributed by atoms with Crippen LogP contribution in [0.4, 0.5) is 0 Å². The predicted molar refractivity (Wildman–Crippen MR) is 84.0 cm³/mol. The van der Waals surface area contributed by atoms with Gasteiger partial charge in [-0.15, -0.1) is 11.6 Å². The SMILES string of the molecule is COc1ccc(C=C(CCl)C(C)C)c2ccccc12. The van der Waals surface area contributed by atoms with Crippen LogP contribution in [0.15, 0.2) is 42.0 Å². The Kier molecular flexibility index (Phi) is 4.49. The number of fused-ring (bicyclic) bond motifs is 1. The van der Waals surface area contributed by atoms with Gasteiger partial charge in [-0.3, -0.25) is 0 Å². The third-order valence-electron chi connectivity index (χ3n) is 3.37. The van der Waals surface area contributed by atoms with Gasteiger partial charge >= 0.3 is 0 Å². The molecule has 0 unspecified atom stereocenters. The van der Waals surface area contributed by atoms with E-state index in [2.05, 4.69) is 44.2 Å². The van der Waals surface area contributed by atoms with Crippen molar-refractivity contribution in [1.29, 1.82) is 0 Å². The smallest absolute Gasteiger partial charge is 0.126 e. The fourth-order valence-electron chi connectivity index (χ4n) is 2.16. The molecule has 19 heavy (non-hydrogen) atoms. The number of allylic oxidation sites excluding steroid dienone is 1. The van der Waals surface area contributed by atoms with Gasteiger partial charge in [0, 0.05) is 11.3 Å². The second kappa shape index (κ2) is 6.12. The molecule has 0 bridgehead atoms. The number of alkyl halides is 1. The monoisotopic (exact) mass is 274 g/mol. The Morgan fingerprint density at radius 3 is 2.42 bits per heavy atom. The van der Waals surface area contributed by atoms with Crippen LogP contribution in [0.25, 0.3) is 16.8 Å². The van der Waals surface area contributed by atoms with Gasteiger partial charge in [-0.1, -0.05) is 55.8 Å². The Bertz CT molecular complexity index is 599. The average molecular weight is 275 g/mol.